The summed E-state index contributed by atoms with van der Waals surface area (Å²) in [6.45, 7) is 2.10. The van der Waals surface area contributed by atoms with Crippen LogP contribution in [0.15, 0.2) is 30.3 Å². The SMILES string of the molecule is CN(C)CCNc1nc(NCc2ccccc2F)cc(C2CC2)n1. The van der Waals surface area contributed by atoms with Crippen molar-refractivity contribution in [3.8, 4) is 0 Å². The third kappa shape index (κ3) is 4.64. The minimum atomic E-state index is -0.203. The largest absolute Gasteiger partial charge is 0.366 e. The molecule has 0 bridgehead atoms. The van der Waals surface area contributed by atoms with Crippen molar-refractivity contribution in [2.75, 3.05) is 37.8 Å². The zero-order valence-electron chi connectivity index (χ0n) is 14.2. The average molecular weight is 329 g/mol. The lowest BCUT2D eigenvalue weighted by molar-refractivity contribution is 0.425. The lowest BCUT2D eigenvalue weighted by Gasteiger charge is -2.13. The van der Waals surface area contributed by atoms with Gasteiger partial charge in [0, 0.05) is 37.2 Å². The van der Waals surface area contributed by atoms with Crippen molar-refractivity contribution in [1.82, 2.24) is 14.9 Å². The second-order valence-electron chi connectivity index (χ2n) is 6.45. The maximum absolute atomic E-state index is 13.7. The predicted octanol–water partition coefficient (Wildman–Crippen LogP) is 3.08. The number of aromatic nitrogens is 2. The molecule has 0 amide bonds. The molecule has 6 heteroatoms. The summed E-state index contributed by atoms with van der Waals surface area (Å²) in [5.74, 6) is 1.71. The van der Waals surface area contributed by atoms with E-state index in [-0.39, 0.29) is 5.82 Å². The molecule has 1 aliphatic rings. The fourth-order valence-electron chi connectivity index (χ4n) is 2.44. The second kappa shape index (κ2) is 7.57. The fourth-order valence-corrected chi connectivity index (χ4v) is 2.44. The van der Waals surface area contributed by atoms with Gasteiger partial charge in [-0.1, -0.05) is 18.2 Å². The average Bonchev–Trinajstić information content (AvgIpc) is 3.38. The maximum Gasteiger partial charge on any atom is 0.224 e. The summed E-state index contributed by atoms with van der Waals surface area (Å²) in [6, 6.07) is 8.77. The van der Waals surface area contributed by atoms with Gasteiger partial charge >= 0.3 is 0 Å². The minimum Gasteiger partial charge on any atom is -0.366 e. The Labute approximate surface area is 142 Å². The van der Waals surface area contributed by atoms with Gasteiger partial charge in [-0.3, -0.25) is 0 Å². The molecule has 24 heavy (non-hydrogen) atoms. The topological polar surface area (TPSA) is 53.1 Å². The van der Waals surface area contributed by atoms with Crippen molar-refractivity contribution in [3.63, 3.8) is 0 Å². The molecule has 0 radical (unpaired) electrons. The van der Waals surface area contributed by atoms with Crippen LogP contribution in [0.25, 0.3) is 0 Å². The highest BCUT2D eigenvalue weighted by Gasteiger charge is 2.26. The van der Waals surface area contributed by atoms with Gasteiger partial charge in [0.15, 0.2) is 0 Å². The van der Waals surface area contributed by atoms with E-state index in [9.17, 15) is 4.39 Å². The summed E-state index contributed by atoms with van der Waals surface area (Å²) in [4.78, 5) is 11.2. The van der Waals surface area contributed by atoms with Gasteiger partial charge in [0.1, 0.15) is 11.6 Å². The highest BCUT2D eigenvalue weighted by Crippen LogP contribution is 2.39. The van der Waals surface area contributed by atoms with Crippen molar-refractivity contribution in [3.05, 3.63) is 47.4 Å². The molecule has 1 heterocycles. The van der Waals surface area contributed by atoms with Crippen molar-refractivity contribution in [1.29, 1.82) is 0 Å². The summed E-state index contributed by atoms with van der Waals surface area (Å²) in [5.41, 5.74) is 1.69. The van der Waals surface area contributed by atoms with Gasteiger partial charge in [-0.25, -0.2) is 9.37 Å². The summed E-state index contributed by atoms with van der Waals surface area (Å²) in [7, 11) is 4.06. The van der Waals surface area contributed by atoms with Gasteiger partial charge in [-0.05, 0) is 33.0 Å². The van der Waals surface area contributed by atoms with Crippen LogP contribution in [-0.4, -0.2) is 42.1 Å². The number of nitrogens with zero attached hydrogens (tertiary/aromatic N) is 3. The van der Waals surface area contributed by atoms with Crippen LogP contribution in [0.1, 0.15) is 30.0 Å². The first-order valence-electron chi connectivity index (χ1n) is 8.36. The lowest BCUT2D eigenvalue weighted by Crippen LogP contribution is -2.21. The molecule has 1 aromatic heterocycles. The number of halogens is 1. The van der Waals surface area contributed by atoms with Gasteiger partial charge in [0.2, 0.25) is 5.95 Å². The molecular weight excluding hydrogens is 305 g/mol. The first-order chi connectivity index (χ1) is 11.6. The van der Waals surface area contributed by atoms with E-state index in [0.717, 1.165) is 24.6 Å². The van der Waals surface area contributed by atoms with Crippen LogP contribution in [0, 0.1) is 5.82 Å². The predicted molar refractivity (Wildman–Crippen MR) is 94.8 cm³/mol. The quantitative estimate of drug-likeness (QED) is 0.779. The fraction of sp³-hybridized carbons (Fsp3) is 0.444. The molecule has 0 aliphatic heterocycles. The van der Waals surface area contributed by atoms with Crippen molar-refractivity contribution in [2.24, 2.45) is 0 Å². The molecule has 0 spiro atoms. The van der Waals surface area contributed by atoms with E-state index < -0.39 is 0 Å². The molecule has 1 aromatic carbocycles. The van der Waals surface area contributed by atoms with Crippen LogP contribution in [0.2, 0.25) is 0 Å². The molecule has 1 fully saturated rings. The summed E-state index contributed by atoms with van der Waals surface area (Å²) in [6.07, 6.45) is 2.36. The van der Waals surface area contributed by atoms with Crippen molar-refractivity contribution < 1.29 is 4.39 Å². The van der Waals surface area contributed by atoms with E-state index >= 15 is 0 Å². The molecule has 1 saturated carbocycles. The molecule has 2 aromatic rings. The highest BCUT2D eigenvalue weighted by molar-refractivity contribution is 5.44. The number of anilines is 2. The maximum atomic E-state index is 13.7. The third-order valence-corrected chi connectivity index (χ3v) is 4.00. The Kier molecular flexibility index (Phi) is 5.25. The molecule has 1 aliphatic carbocycles. The van der Waals surface area contributed by atoms with Gasteiger partial charge in [0.25, 0.3) is 0 Å². The molecule has 5 nitrogen and oxygen atoms in total. The standard InChI is InChI=1S/C18H24FN5/c1-24(2)10-9-20-18-22-16(13-7-8-13)11-17(23-18)21-12-14-5-3-4-6-15(14)19/h3-6,11,13H,7-10,12H2,1-2H3,(H2,20,21,22,23). The molecular formula is C18H24FN5. The van der Waals surface area contributed by atoms with Crippen LogP contribution in [-0.2, 0) is 6.54 Å². The van der Waals surface area contributed by atoms with Gasteiger partial charge in [-0.2, -0.15) is 4.98 Å². The lowest BCUT2D eigenvalue weighted by atomic mass is 10.2. The van der Waals surface area contributed by atoms with Gasteiger partial charge in [0.05, 0.1) is 5.69 Å². The van der Waals surface area contributed by atoms with Crippen molar-refractivity contribution in [2.45, 2.75) is 25.3 Å². The minimum absolute atomic E-state index is 0.203. The van der Waals surface area contributed by atoms with Crippen LogP contribution in [0.3, 0.4) is 0 Å². The number of hydrogen-bond donors (Lipinski definition) is 2. The molecule has 0 saturated heterocycles. The third-order valence-electron chi connectivity index (χ3n) is 4.00. The Hall–Kier alpha value is -2.21. The zero-order chi connectivity index (χ0) is 16.9. The second-order valence-corrected chi connectivity index (χ2v) is 6.45. The van der Waals surface area contributed by atoms with E-state index in [1.807, 2.05) is 26.2 Å². The van der Waals surface area contributed by atoms with Crippen LogP contribution < -0.4 is 10.6 Å². The Morgan fingerprint density at radius 1 is 1.17 bits per heavy atom. The van der Waals surface area contributed by atoms with E-state index in [0.29, 0.717) is 24.0 Å². The van der Waals surface area contributed by atoms with E-state index in [1.54, 1.807) is 12.1 Å². The molecule has 0 unspecified atom stereocenters. The molecule has 128 valence electrons. The van der Waals surface area contributed by atoms with E-state index in [1.165, 1.54) is 18.9 Å². The van der Waals surface area contributed by atoms with E-state index in [4.69, 9.17) is 0 Å². The van der Waals surface area contributed by atoms with Crippen LogP contribution in [0.5, 0.6) is 0 Å². The summed E-state index contributed by atoms with van der Waals surface area (Å²) >= 11 is 0. The highest BCUT2D eigenvalue weighted by atomic mass is 19.1. The number of likely N-dealkylation sites (N-methyl/N-ethyl adjacent to an activating group) is 1. The Morgan fingerprint density at radius 3 is 2.67 bits per heavy atom. The van der Waals surface area contributed by atoms with Crippen LogP contribution in [0.4, 0.5) is 16.2 Å². The monoisotopic (exact) mass is 329 g/mol. The normalized spacial score (nSPS) is 14.0. The first kappa shape index (κ1) is 16.6. The van der Waals surface area contributed by atoms with Gasteiger partial charge < -0.3 is 15.5 Å². The smallest absolute Gasteiger partial charge is 0.224 e. The van der Waals surface area contributed by atoms with E-state index in [2.05, 4.69) is 25.5 Å². The molecule has 0 atom stereocenters. The Balaban J connectivity index is 1.69. The number of benzene rings is 1. The Bertz CT molecular complexity index is 685. The number of nitrogens with one attached hydrogen (secondary N) is 2. The molecule has 3 rings (SSSR count). The number of rotatable bonds is 8. The van der Waals surface area contributed by atoms with Crippen molar-refractivity contribution >= 4 is 11.8 Å². The van der Waals surface area contributed by atoms with Crippen LogP contribution >= 0.6 is 0 Å². The number of hydrogen-bond acceptors (Lipinski definition) is 5. The van der Waals surface area contributed by atoms with Gasteiger partial charge in [-0.15, -0.1) is 0 Å². The molecule has 2 N–H and O–H groups in total. The Morgan fingerprint density at radius 2 is 1.96 bits per heavy atom. The first-order valence-corrected chi connectivity index (χ1v) is 8.36. The summed E-state index contributed by atoms with van der Waals surface area (Å²) in [5, 5.41) is 6.49. The summed E-state index contributed by atoms with van der Waals surface area (Å²) < 4.78 is 13.7. The zero-order valence-corrected chi connectivity index (χ0v) is 14.2.